The first-order valence-electron chi connectivity index (χ1n) is 11.0. The van der Waals surface area contributed by atoms with Crippen molar-refractivity contribution in [1.82, 2.24) is 4.72 Å². The van der Waals surface area contributed by atoms with Gasteiger partial charge in [0, 0.05) is 10.6 Å². The van der Waals surface area contributed by atoms with Gasteiger partial charge in [-0.05, 0) is 96.6 Å². The molecule has 3 aliphatic rings. The molecule has 0 radical (unpaired) electrons. The fraction of sp³-hybridized carbons (Fsp3) is 0.520. The van der Waals surface area contributed by atoms with Crippen molar-refractivity contribution in [2.24, 2.45) is 11.8 Å². The first-order valence-corrected chi connectivity index (χ1v) is 11.8. The van der Waals surface area contributed by atoms with Gasteiger partial charge in [0.15, 0.2) is 0 Å². The lowest BCUT2D eigenvalue weighted by Gasteiger charge is -2.33. The Bertz CT molecular complexity index is 814. The van der Waals surface area contributed by atoms with Gasteiger partial charge < -0.3 is 10.0 Å². The van der Waals surface area contributed by atoms with Gasteiger partial charge in [0.1, 0.15) is 5.82 Å². The fourth-order valence-electron chi connectivity index (χ4n) is 4.70. The number of fused-ring (bicyclic) bond motifs is 1. The second-order valence-corrected chi connectivity index (χ2v) is 9.91. The van der Waals surface area contributed by atoms with Crippen molar-refractivity contribution in [3.63, 3.8) is 0 Å². The molecule has 1 aromatic carbocycles. The summed E-state index contributed by atoms with van der Waals surface area (Å²) < 4.78 is 3.46. The molecule has 1 saturated carbocycles. The van der Waals surface area contributed by atoms with Crippen LogP contribution in [0.25, 0.3) is 0 Å². The van der Waals surface area contributed by atoms with E-state index in [2.05, 4.69) is 61.7 Å². The minimum Gasteiger partial charge on any atom is -0.341 e. The molecular weight excluding hydrogens is 360 g/mol. The van der Waals surface area contributed by atoms with E-state index < -0.39 is 0 Å². The molecular formula is C25H34N2S. The standard InChI is InChI=1S/C25H34N2S/c1-16(2)21-11-13-22(15-21)28-27-18(4)26-25-23(17(3)19-7-5-8-19)14-12-20-9-6-10-24(20)25/h11-12,14-17,19,26-27H,4-10,13H2,1-3H3. The molecule has 0 saturated heterocycles. The van der Waals surface area contributed by atoms with Crippen LogP contribution >= 0.6 is 11.9 Å². The lowest BCUT2D eigenvalue weighted by Crippen LogP contribution is -2.21. The van der Waals surface area contributed by atoms with Gasteiger partial charge in [-0.15, -0.1) is 0 Å². The smallest absolute Gasteiger partial charge is 0.106 e. The number of hydrogen-bond acceptors (Lipinski definition) is 3. The highest BCUT2D eigenvalue weighted by molar-refractivity contribution is 8.01. The summed E-state index contributed by atoms with van der Waals surface area (Å²) in [5, 5.41) is 3.68. The van der Waals surface area contributed by atoms with Gasteiger partial charge in [-0.2, -0.15) is 0 Å². The van der Waals surface area contributed by atoms with Gasteiger partial charge in [-0.3, -0.25) is 0 Å². The molecule has 0 bridgehead atoms. The lowest BCUT2D eigenvalue weighted by molar-refractivity contribution is 0.272. The van der Waals surface area contributed by atoms with Crippen LogP contribution in [0.1, 0.15) is 75.5 Å². The van der Waals surface area contributed by atoms with Crippen LogP contribution in [0.5, 0.6) is 0 Å². The van der Waals surface area contributed by atoms with E-state index in [-0.39, 0.29) is 0 Å². The molecule has 0 heterocycles. The van der Waals surface area contributed by atoms with Crippen LogP contribution in [0.15, 0.2) is 47.2 Å². The Morgan fingerprint density at radius 3 is 2.64 bits per heavy atom. The largest absolute Gasteiger partial charge is 0.341 e. The molecule has 1 fully saturated rings. The zero-order valence-corrected chi connectivity index (χ0v) is 18.4. The van der Waals surface area contributed by atoms with E-state index in [0.29, 0.717) is 11.8 Å². The maximum absolute atomic E-state index is 4.28. The van der Waals surface area contributed by atoms with E-state index in [1.54, 1.807) is 11.9 Å². The summed E-state index contributed by atoms with van der Waals surface area (Å²) >= 11 is 1.70. The quantitative estimate of drug-likeness (QED) is 0.461. The number of benzene rings is 1. The molecule has 1 unspecified atom stereocenters. The second kappa shape index (κ2) is 8.41. The van der Waals surface area contributed by atoms with E-state index in [1.807, 2.05) is 0 Å². The highest BCUT2D eigenvalue weighted by Gasteiger charge is 2.29. The van der Waals surface area contributed by atoms with E-state index in [9.17, 15) is 0 Å². The van der Waals surface area contributed by atoms with E-state index in [1.165, 1.54) is 71.4 Å². The van der Waals surface area contributed by atoms with Crippen molar-refractivity contribution in [2.45, 2.75) is 71.6 Å². The Labute approximate surface area is 175 Å². The Hall–Kier alpha value is -1.61. The monoisotopic (exact) mass is 394 g/mol. The van der Waals surface area contributed by atoms with Crippen LogP contribution in [0.4, 0.5) is 5.69 Å². The van der Waals surface area contributed by atoms with Gasteiger partial charge >= 0.3 is 0 Å². The van der Waals surface area contributed by atoms with E-state index in [4.69, 9.17) is 0 Å². The van der Waals surface area contributed by atoms with E-state index in [0.717, 1.165) is 18.2 Å². The summed E-state index contributed by atoms with van der Waals surface area (Å²) in [6, 6.07) is 4.76. The maximum atomic E-state index is 4.28. The van der Waals surface area contributed by atoms with Crippen molar-refractivity contribution in [3.05, 3.63) is 63.9 Å². The summed E-state index contributed by atoms with van der Waals surface area (Å²) in [5.41, 5.74) is 7.33. The molecule has 28 heavy (non-hydrogen) atoms. The van der Waals surface area contributed by atoms with Crippen LogP contribution in [0, 0.1) is 11.8 Å². The van der Waals surface area contributed by atoms with Gasteiger partial charge in [0.2, 0.25) is 0 Å². The first-order chi connectivity index (χ1) is 13.5. The van der Waals surface area contributed by atoms with Crippen LogP contribution in [0.3, 0.4) is 0 Å². The molecule has 2 N–H and O–H groups in total. The molecule has 0 spiro atoms. The van der Waals surface area contributed by atoms with Crippen molar-refractivity contribution in [2.75, 3.05) is 5.32 Å². The average Bonchev–Trinajstić information content (AvgIpc) is 3.28. The number of allylic oxidation sites excluding steroid dienone is 4. The van der Waals surface area contributed by atoms with Gasteiger partial charge in [-0.25, -0.2) is 0 Å². The molecule has 2 nitrogen and oxygen atoms in total. The molecule has 150 valence electrons. The zero-order valence-electron chi connectivity index (χ0n) is 17.6. The number of rotatable bonds is 8. The third-order valence-electron chi connectivity index (χ3n) is 6.78. The summed E-state index contributed by atoms with van der Waals surface area (Å²) in [7, 11) is 0. The highest BCUT2D eigenvalue weighted by atomic mass is 32.2. The van der Waals surface area contributed by atoms with E-state index >= 15 is 0 Å². The number of aryl methyl sites for hydroxylation is 1. The number of hydrogen-bond donors (Lipinski definition) is 2. The molecule has 3 heteroatoms. The summed E-state index contributed by atoms with van der Waals surface area (Å²) in [5.74, 6) is 2.96. The predicted molar refractivity (Wildman–Crippen MR) is 123 cm³/mol. The predicted octanol–water partition coefficient (Wildman–Crippen LogP) is 7.07. The molecule has 0 amide bonds. The number of anilines is 1. The van der Waals surface area contributed by atoms with Crippen molar-refractivity contribution in [3.8, 4) is 0 Å². The molecule has 0 aliphatic heterocycles. The van der Waals surface area contributed by atoms with Crippen molar-refractivity contribution in [1.29, 1.82) is 0 Å². The summed E-state index contributed by atoms with van der Waals surface area (Å²) in [4.78, 5) is 1.37. The average molecular weight is 395 g/mol. The third kappa shape index (κ3) is 4.05. The topological polar surface area (TPSA) is 24.1 Å². The Morgan fingerprint density at radius 2 is 1.96 bits per heavy atom. The molecule has 4 rings (SSSR count). The van der Waals surface area contributed by atoms with Gasteiger partial charge in [-0.1, -0.05) is 52.0 Å². The maximum Gasteiger partial charge on any atom is 0.106 e. The molecule has 0 aromatic heterocycles. The van der Waals surface area contributed by atoms with Crippen LogP contribution in [0.2, 0.25) is 0 Å². The summed E-state index contributed by atoms with van der Waals surface area (Å²) in [6.45, 7) is 11.2. The van der Waals surface area contributed by atoms with Gasteiger partial charge in [0.25, 0.3) is 0 Å². The SMILES string of the molecule is C=C(NSC1=CC(C(C)C)=CC1)Nc1c(C(C)C2CCC2)ccc2c1CCC2. The second-order valence-electron chi connectivity index (χ2n) is 8.98. The van der Waals surface area contributed by atoms with Crippen molar-refractivity contribution >= 4 is 17.6 Å². The lowest BCUT2D eigenvalue weighted by atomic mass is 9.73. The number of nitrogens with one attached hydrogen (secondary N) is 2. The normalized spacial score (nSPS) is 19.7. The molecule has 1 atom stereocenters. The van der Waals surface area contributed by atoms with Gasteiger partial charge in [0.05, 0.1) is 0 Å². The highest BCUT2D eigenvalue weighted by Crippen LogP contribution is 2.44. The Kier molecular flexibility index (Phi) is 5.91. The van der Waals surface area contributed by atoms with Crippen LogP contribution in [-0.2, 0) is 12.8 Å². The van der Waals surface area contributed by atoms with Crippen LogP contribution in [-0.4, -0.2) is 0 Å². The first kappa shape index (κ1) is 19.7. The Balaban J connectivity index is 1.45. The zero-order chi connectivity index (χ0) is 19.7. The minimum atomic E-state index is 0.599. The fourth-order valence-corrected chi connectivity index (χ4v) is 5.37. The molecule has 1 aromatic rings. The van der Waals surface area contributed by atoms with Crippen molar-refractivity contribution < 1.29 is 0 Å². The molecule has 3 aliphatic carbocycles. The third-order valence-corrected chi connectivity index (χ3v) is 7.67. The Morgan fingerprint density at radius 1 is 1.14 bits per heavy atom. The van der Waals surface area contributed by atoms with Crippen LogP contribution < -0.4 is 10.0 Å². The summed E-state index contributed by atoms with van der Waals surface area (Å²) in [6.07, 6.45) is 13.5. The minimum absolute atomic E-state index is 0.599.